The van der Waals surface area contributed by atoms with Crippen molar-refractivity contribution in [3.05, 3.63) is 30.1 Å². The fraction of sp³-hybridized carbons (Fsp3) is 0.533. The Morgan fingerprint density at radius 3 is 2.85 bits per heavy atom. The highest BCUT2D eigenvalue weighted by Crippen LogP contribution is 2.28. The van der Waals surface area contributed by atoms with Crippen LogP contribution in [0.25, 0.3) is 0 Å². The average Bonchev–Trinajstić information content (AvgIpc) is 3.24. The van der Waals surface area contributed by atoms with Crippen molar-refractivity contribution in [2.45, 2.75) is 30.7 Å². The van der Waals surface area contributed by atoms with E-state index in [1.54, 1.807) is 12.1 Å². The van der Waals surface area contributed by atoms with Crippen molar-refractivity contribution in [3.63, 3.8) is 0 Å². The fourth-order valence-corrected chi connectivity index (χ4v) is 2.96. The topological polar surface area (TPSA) is 29.5 Å². The third kappa shape index (κ3) is 4.80. The van der Waals surface area contributed by atoms with Gasteiger partial charge in [-0.25, -0.2) is 4.39 Å². The number of benzene rings is 1. The summed E-state index contributed by atoms with van der Waals surface area (Å²) in [5.74, 6) is 0.424. The van der Waals surface area contributed by atoms with Crippen molar-refractivity contribution in [2.75, 3.05) is 25.4 Å². The van der Waals surface area contributed by atoms with Crippen LogP contribution in [-0.4, -0.2) is 42.4 Å². The number of rotatable bonds is 8. The number of carbonyl (C=O) groups excluding carboxylic acids is 1. The quantitative estimate of drug-likeness (QED) is 0.545. The van der Waals surface area contributed by atoms with Gasteiger partial charge in [0.2, 0.25) is 0 Å². The second-order valence-electron chi connectivity index (χ2n) is 4.79. The van der Waals surface area contributed by atoms with E-state index in [0.29, 0.717) is 24.1 Å². The lowest BCUT2D eigenvalue weighted by Crippen LogP contribution is -2.34. The van der Waals surface area contributed by atoms with Crippen molar-refractivity contribution in [2.24, 2.45) is 0 Å². The van der Waals surface area contributed by atoms with Crippen LogP contribution >= 0.6 is 11.8 Å². The number of ether oxygens (including phenoxy) is 1. The molecule has 0 bridgehead atoms. The van der Waals surface area contributed by atoms with Gasteiger partial charge in [-0.05, 0) is 31.9 Å². The molecule has 2 rings (SSSR count). The molecular weight excluding hydrogens is 277 g/mol. The van der Waals surface area contributed by atoms with Gasteiger partial charge in [0.15, 0.2) is 0 Å². The van der Waals surface area contributed by atoms with Crippen molar-refractivity contribution >= 4 is 17.7 Å². The van der Waals surface area contributed by atoms with E-state index in [1.807, 2.05) is 13.0 Å². The summed E-state index contributed by atoms with van der Waals surface area (Å²) in [7, 11) is 0. The summed E-state index contributed by atoms with van der Waals surface area (Å²) >= 11 is 1.49. The zero-order valence-corrected chi connectivity index (χ0v) is 12.5. The molecule has 0 N–H and O–H groups in total. The van der Waals surface area contributed by atoms with Gasteiger partial charge in [-0.3, -0.25) is 9.69 Å². The molecule has 0 unspecified atom stereocenters. The van der Waals surface area contributed by atoms with Crippen molar-refractivity contribution < 1.29 is 13.9 Å². The molecule has 110 valence electrons. The Morgan fingerprint density at radius 1 is 1.45 bits per heavy atom. The molecule has 0 spiro atoms. The zero-order valence-electron chi connectivity index (χ0n) is 11.7. The van der Waals surface area contributed by atoms with Crippen molar-refractivity contribution in [1.82, 2.24) is 4.90 Å². The highest BCUT2D eigenvalue weighted by molar-refractivity contribution is 7.99. The smallest absolute Gasteiger partial charge is 0.320 e. The molecule has 1 saturated carbocycles. The van der Waals surface area contributed by atoms with Gasteiger partial charge in [-0.1, -0.05) is 12.1 Å². The van der Waals surface area contributed by atoms with Crippen LogP contribution in [0.3, 0.4) is 0 Å². The van der Waals surface area contributed by atoms with E-state index in [1.165, 1.54) is 17.8 Å². The van der Waals surface area contributed by atoms with E-state index in [-0.39, 0.29) is 11.8 Å². The maximum atomic E-state index is 13.5. The summed E-state index contributed by atoms with van der Waals surface area (Å²) in [5, 5.41) is 0. The van der Waals surface area contributed by atoms with Gasteiger partial charge in [0.1, 0.15) is 5.82 Å². The summed E-state index contributed by atoms with van der Waals surface area (Å²) in [6.07, 6.45) is 2.29. The molecule has 0 heterocycles. The molecule has 1 fully saturated rings. The predicted molar refractivity (Wildman–Crippen MR) is 78.4 cm³/mol. The summed E-state index contributed by atoms with van der Waals surface area (Å²) in [6, 6.07) is 7.28. The highest BCUT2D eigenvalue weighted by atomic mass is 32.2. The Morgan fingerprint density at radius 2 is 2.20 bits per heavy atom. The van der Waals surface area contributed by atoms with E-state index in [2.05, 4.69) is 4.90 Å². The van der Waals surface area contributed by atoms with E-state index in [0.717, 1.165) is 25.1 Å². The molecule has 1 aromatic carbocycles. The first kappa shape index (κ1) is 15.3. The SMILES string of the molecule is CCOC(=O)CN(CCSc1ccccc1F)C1CC1. The molecule has 1 aliphatic carbocycles. The summed E-state index contributed by atoms with van der Waals surface area (Å²) in [4.78, 5) is 14.4. The van der Waals surface area contributed by atoms with Crippen LogP contribution in [0.1, 0.15) is 19.8 Å². The van der Waals surface area contributed by atoms with Gasteiger partial charge in [-0.15, -0.1) is 11.8 Å². The predicted octanol–water partition coefficient (Wildman–Crippen LogP) is 2.95. The first-order valence-electron chi connectivity index (χ1n) is 6.97. The first-order chi connectivity index (χ1) is 9.70. The molecule has 0 aliphatic heterocycles. The Hall–Kier alpha value is -1.07. The second kappa shape index (κ2) is 7.64. The van der Waals surface area contributed by atoms with Crippen molar-refractivity contribution in [1.29, 1.82) is 0 Å². The van der Waals surface area contributed by atoms with Gasteiger partial charge < -0.3 is 4.74 Å². The zero-order chi connectivity index (χ0) is 14.4. The maximum Gasteiger partial charge on any atom is 0.320 e. The number of thioether (sulfide) groups is 1. The standard InChI is InChI=1S/C15H20FNO2S/c1-2-19-15(18)11-17(12-7-8-12)9-10-20-14-6-4-3-5-13(14)16/h3-6,12H,2,7-11H2,1H3. The Labute approximate surface area is 123 Å². The van der Waals surface area contributed by atoms with E-state index in [4.69, 9.17) is 4.74 Å². The van der Waals surface area contributed by atoms with Gasteiger partial charge >= 0.3 is 5.97 Å². The second-order valence-corrected chi connectivity index (χ2v) is 5.92. The number of hydrogen-bond donors (Lipinski definition) is 0. The third-order valence-corrected chi connectivity index (χ3v) is 4.20. The lowest BCUT2D eigenvalue weighted by molar-refractivity contribution is -0.144. The Bertz CT molecular complexity index is 451. The lowest BCUT2D eigenvalue weighted by atomic mass is 10.3. The third-order valence-electron chi connectivity index (χ3n) is 3.17. The van der Waals surface area contributed by atoms with Crippen LogP contribution in [-0.2, 0) is 9.53 Å². The van der Waals surface area contributed by atoms with Gasteiger partial charge in [0.05, 0.1) is 13.2 Å². The van der Waals surface area contributed by atoms with Crippen LogP contribution in [0.4, 0.5) is 4.39 Å². The molecule has 0 saturated heterocycles. The minimum atomic E-state index is -0.180. The monoisotopic (exact) mass is 297 g/mol. The van der Waals surface area contributed by atoms with Crippen molar-refractivity contribution in [3.8, 4) is 0 Å². The number of halogens is 1. The number of carbonyl (C=O) groups is 1. The van der Waals surface area contributed by atoms with Crippen LogP contribution in [0.15, 0.2) is 29.2 Å². The lowest BCUT2D eigenvalue weighted by Gasteiger charge is -2.20. The van der Waals surface area contributed by atoms with Gasteiger partial charge in [0, 0.05) is 23.2 Å². The molecule has 0 radical (unpaired) electrons. The maximum absolute atomic E-state index is 13.5. The normalized spacial score (nSPS) is 14.6. The number of nitrogens with zero attached hydrogens (tertiary/aromatic N) is 1. The minimum Gasteiger partial charge on any atom is -0.465 e. The summed E-state index contributed by atoms with van der Waals surface area (Å²) in [6.45, 7) is 3.35. The van der Waals surface area contributed by atoms with E-state index >= 15 is 0 Å². The molecule has 0 amide bonds. The van der Waals surface area contributed by atoms with Crippen LogP contribution in [0.5, 0.6) is 0 Å². The molecule has 0 atom stereocenters. The number of hydrogen-bond acceptors (Lipinski definition) is 4. The van der Waals surface area contributed by atoms with Crippen LogP contribution in [0, 0.1) is 5.82 Å². The fourth-order valence-electron chi connectivity index (χ4n) is 2.04. The molecule has 1 aliphatic rings. The molecule has 20 heavy (non-hydrogen) atoms. The average molecular weight is 297 g/mol. The molecule has 5 heteroatoms. The highest BCUT2D eigenvalue weighted by Gasteiger charge is 2.30. The Kier molecular flexibility index (Phi) is 5.86. The van der Waals surface area contributed by atoms with E-state index in [9.17, 15) is 9.18 Å². The van der Waals surface area contributed by atoms with Gasteiger partial charge in [-0.2, -0.15) is 0 Å². The number of esters is 1. The molecule has 3 nitrogen and oxygen atoms in total. The van der Waals surface area contributed by atoms with E-state index < -0.39 is 0 Å². The summed E-state index contributed by atoms with van der Waals surface area (Å²) in [5.41, 5.74) is 0. The molecule has 0 aromatic heterocycles. The van der Waals surface area contributed by atoms with Crippen LogP contribution in [0.2, 0.25) is 0 Å². The van der Waals surface area contributed by atoms with Gasteiger partial charge in [0.25, 0.3) is 0 Å². The Balaban J connectivity index is 1.78. The molecule has 1 aromatic rings. The largest absolute Gasteiger partial charge is 0.465 e. The summed E-state index contributed by atoms with van der Waals surface area (Å²) < 4.78 is 18.5. The first-order valence-corrected chi connectivity index (χ1v) is 7.96. The molecular formula is C15H20FNO2S. The van der Waals surface area contributed by atoms with Crippen LogP contribution < -0.4 is 0 Å². The minimum absolute atomic E-state index is 0.171.